The van der Waals surface area contributed by atoms with Crippen LogP contribution >= 0.6 is 0 Å². The average Bonchev–Trinajstić information content (AvgIpc) is 2.88. The normalized spacial score (nSPS) is 10.7. The van der Waals surface area contributed by atoms with E-state index in [1.54, 1.807) is 12.1 Å². The Labute approximate surface area is 206 Å². The number of carbonyl (C=O) groups excluding carboxylic acids is 1. The number of unbranched alkanes of at least 4 members (excludes halogenated alkanes) is 1. The Balaban J connectivity index is 1.80. The number of aliphatic hydroxyl groups is 1. The second kappa shape index (κ2) is 17.4. The van der Waals surface area contributed by atoms with E-state index >= 15 is 0 Å². The van der Waals surface area contributed by atoms with E-state index in [1.807, 2.05) is 12.1 Å². The van der Waals surface area contributed by atoms with Crippen molar-refractivity contribution < 1.29 is 19.4 Å². The minimum Gasteiger partial charge on any atom is -0.395 e. The molecule has 0 aliphatic heterocycles. The predicted molar refractivity (Wildman–Crippen MR) is 136 cm³/mol. The quantitative estimate of drug-likeness (QED) is 0.154. The number of carbonyl (C=O) groups is 1. The maximum Gasteiger partial charge on any atom is 0.251 e. The molecule has 0 saturated heterocycles. The number of aromatic nitrogens is 3. The van der Waals surface area contributed by atoms with Crippen LogP contribution in [0, 0.1) is 0 Å². The van der Waals surface area contributed by atoms with E-state index in [1.165, 1.54) is 0 Å². The fourth-order valence-electron chi connectivity index (χ4n) is 2.86. The van der Waals surface area contributed by atoms with Crippen LogP contribution in [-0.2, 0) is 16.0 Å². The molecule has 194 valence electrons. The van der Waals surface area contributed by atoms with Crippen molar-refractivity contribution in [3.8, 4) is 0 Å². The molecule has 35 heavy (non-hydrogen) atoms. The summed E-state index contributed by atoms with van der Waals surface area (Å²) in [5.41, 5.74) is 6.87. The minimum atomic E-state index is -0.160. The van der Waals surface area contributed by atoms with Gasteiger partial charge in [-0.2, -0.15) is 15.0 Å². The van der Waals surface area contributed by atoms with Crippen molar-refractivity contribution >= 4 is 23.8 Å². The van der Waals surface area contributed by atoms with Gasteiger partial charge in [-0.1, -0.05) is 25.5 Å². The predicted octanol–water partition coefficient (Wildman–Crippen LogP) is 0.822. The van der Waals surface area contributed by atoms with Gasteiger partial charge in [0.15, 0.2) is 0 Å². The molecule has 1 heterocycles. The molecule has 0 saturated carbocycles. The van der Waals surface area contributed by atoms with E-state index in [4.69, 9.17) is 20.3 Å². The second-order valence-corrected chi connectivity index (χ2v) is 7.56. The number of nitrogens with one attached hydrogen (secondary N) is 4. The minimum absolute atomic E-state index is 0.0236. The van der Waals surface area contributed by atoms with E-state index in [2.05, 4.69) is 43.1 Å². The highest BCUT2D eigenvalue weighted by Crippen LogP contribution is 2.12. The number of nitrogens with two attached hydrogens (primary N) is 1. The molecule has 0 spiro atoms. The van der Waals surface area contributed by atoms with Crippen molar-refractivity contribution in [2.75, 3.05) is 75.2 Å². The van der Waals surface area contributed by atoms with Gasteiger partial charge < -0.3 is 41.6 Å². The van der Waals surface area contributed by atoms with Gasteiger partial charge in [0.25, 0.3) is 5.91 Å². The number of benzene rings is 1. The molecular formula is C23H38N8O4. The number of hydrogen-bond donors (Lipinski definition) is 6. The van der Waals surface area contributed by atoms with Crippen LogP contribution in [0.25, 0.3) is 0 Å². The molecule has 1 amide bonds. The van der Waals surface area contributed by atoms with E-state index in [9.17, 15) is 4.79 Å². The van der Waals surface area contributed by atoms with Gasteiger partial charge in [0.1, 0.15) is 0 Å². The Morgan fingerprint density at radius 2 is 1.51 bits per heavy atom. The monoisotopic (exact) mass is 490 g/mol. The van der Waals surface area contributed by atoms with E-state index in [0.717, 1.165) is 24.9 Å². The van der Waals surface area contributed by atoms with Crippen molar-refractivity contribution in [2.45, 2.75) is 26.3 Å². The topological polar surface area (TPSA) is 169 Å². The molecule has 0 radical (unpaired) electrons. The van der Waals surface area contributed by atoms with Gasteiger partial charge >= 0.3 is 0 Å². The second-order valence-electron chi connectivity index (χ2n) is 7.56. The van der Waals surface area contributed by atoms with Crippen LogP contribution < -0.4 is 27.0 Å². The highest BCUT2D eigenvalue weighted by Gasteiger charge is 2.08. The summed E-state index contributed by atoms with van der Waals surface area (Å²) < 4.78 is 10.6. The van der Waals surface area contributed by atoms with Crippen molar-refractivity contribution in [3.05, 3.63) is 35.4 Å². The summed E-state index contributed by atoms with van der Waals surface area (Å²) in [5.74, 6) is 1.10. The summed E-state index contributed by atoms with van der Waals surface area (Å²) in [4.78, 5) is 25.4. The molecule has 2 rings (SSSR count). The van der Waals surface area contributed by atoms with Crippen LogP contribution in [0.4, 0.5) is 17.8 Å². The van der Waals surface area contributed by atoms with Gasteiger partial charge in [0.05, 0.1) is 33.0 Å². The van der Waals surface area contributed by atoms with Gasteiger partial charge in [-0.3, -0.25) is 4.79 Å². The molecule has 0 atom stereocenters. The smallest absolute Gasteiger partial charge is 0.251 e. The first-order chi connectivity index (χ1) is 17.2. The summed E-state index contributed by atoms with van der Waals surface area (Å²) in [6.45, 7) is 6.46. The first-order valence-electron chi connectivity index (χ1n) is 12.0. The summed E-state index contributed by atoms with van der Waals surface area (Å²) in [7, 11) is 0. The number of hydrogen-bond acceptors (Lipinski definition) is 11. The molecule has 1 aromatic heterocycles. The number of amides is 1. The maximum absolute atomic E-state index is 12.3. The molecule has 0 unspecified atom stereocenters. The fraction of sp³-hybridized carbons (Fsp3) is 0.565. The van der Waals surface area contributed by atoms with Gasteiger partial charge in [-0.05, 0) is 24.1 Å². The lowest BCUT2D eigenvalue weighted by Crippen LogP contribution is -2.27. The van der Waals surface area contributed by atoms with Crippen LogP contribution in [0.5, 0.6) is 0 Å². The molecule has 12 nitrogen and oxygen atoms in total. The molecule has 7 N–H and O–H groups in total. The van der Waals surface area contributed by atoms with Gasteiger partial charge in [-0.15, -0.1) is 0 Å². The molecular weight excluding hydrogens is 452 g/mol. The van der Waals surface area contributed by atoms with E-state index in [0.29, 0.717) is 76.0 Å². The lowest BCUT2D eigenvalue weighted by atomic mass is 10.1. The summed E-state index contributed by atoms with van der Waals surface area (Å²) >= 11 is 0. The van der Waals surface area contributed by atoms with E-state index < -0.39 is 0 Å². The lowest BCUT2D eigenvalue weighted by molar-refractivity contribution is 0.0511. The Bertz CT molecular complexity index is 854. The van der Waals surface area contributed by atoms with Crippen molar-refractivity contribution in [2.24, 2.45) is 5.73 Å². The van der Waals surface area contributed by atoms with Crippen molar-refractivity contribution in [1.29, 1.82) is 0 Å². The molecule has 1 aromatic carbocycles. The van der Waals surface area contributed by atoms with Gasteiger partial charge in [0.2, 0.25) is 17.8 Å². The molecule has 0 bridgehead atoms. The third kappa shape index (κ3) is 11.8. The van der Waals surface area contributed by atoms with Crippen LogP contribution in [0.2, 0.25) is 0 Å². The summed E-state index contributed by atoms with van der Waals surface area (Å²) in [6, 6.07) is 7.29. The van der Waals surface area contributed by atoms with Crippen LogP contribution in [0.15, 0.2) is 24.3 Å². The highest BCUT2D eigenvalue weighted by atomic mass is 16.5. The van der Waals surface area contributed by atoms with Crippen molar-refractivity contribution in [1.82, 2.24) is 20.3 Å². The SMILES string of the molecule is CCCCNc1nc(NCCO)nc(NCc2ccc(C(=O)NCCOCCOCCN)cc2)n1. The van der Waals surface area contributed by atoms with Crippen LogP contribution in [-0.4, -0.2) is 85.2 Å². The average molecular weight is 491 g/mol. The number of aliphatic hydroxyl groups excluding tert-OH is 1. The molecule has 0 fully saturated rings. The maximum atomic E-state index is 12.3. The van der Waals surface area contributed by atoms with Gasteiger partial charge in [0, 0.05) is 38.3 Å². The molecule has 2 aromatic rings. The molecule has 12 heteroatoms. The summed E-state index contributed by atoms with van der Waals surface area (Å²) in [6.07, 6.45) is 2.07. The lowest BCUT2D eigenvalue weighted by Gasteiger charge is -2.11. The molecule has 0 aliphatic rings. The Morgan fingerprint density at radius 1 is 0.886 bits per heavy atom. The van der Waals surface area contributed by atoms with E-state index in [-0.39, 0.29) is 12.5 Å². The molecule has 0 aliphatic carbocycles. The number of anilines is 3. The zero-order valence-electron chi connectivity index (χ0n) is 20.4. The first-order valence-corrected chi connectivity index (χ1v) is 12.0. The first kappa shape index (κ1) is 28.2. The Hall–Kier alpha value is -3.06. The van der Waals surface area contributed by atoms with Crippen molar-refractivity contribution in [3.63, 3.8) is 0 Å². The fourth-order valence-corrected chi connectivity index (χ4v) is 2.86. The summed E-state index contributed by atoms with van der Waals surface area (Å²) in [5, 5.41) is 21.2. The highest BCUT2D eigenvalue weighted by molar-refractivity contribution is 5.94. The van der Waals surface area contributed by atoms with Crippen LogP contribution in [0.3, 0.4) is 0 Å². The number of ether oxygens (including phenoxy) is 2. The van der Waals surface area contributed by atoms with Crippen LogP contribution in [0.1, 0.15) is 35.7 Å². The zero-order chi connectivity index (χ0) is 25.1. The zero-order valence-corrected chi connectivity index (χ0v) is 20.4. The number of rotatable bonds is 19. The Kier molecular flexibility index (Phi) is 14.0. The van der Waals surface area contributed by atoms with Gasteiger partial charge in [-0.25, -0.2) is 0 Å². The largest absolute Gasteiger partial charge is 0.395 e. The number of nitrogens with zero attached hydrogens (tertiary/aromatic N) is 3. The standard InChI is InChI=1S/C23H38N8O4/c1-2-3-9-26-21-29-22(27-10-12-32)31-23(30-21)28-17-18-4-6-19(7-5-18)20(33)25-11-14-35-16-15-34-13-8-24/h4-7,32H,2-3,8-17,24H2,1H3,(H,25,33)(H3,26,27,28,29,30,31). The Morgan fingerprint density at radius 3 is 2.14 bits per heavy atom. The third-order valence-electron chi connectivity index (χ3n) is 4.68. The third-order valence-corrected chi connectivity index (χ3v) is 4.68.